The predicted octanol–water partition coefficient (Wildman–Crippen LogP) is 1.83. The summed E-state index contributed by atoms with van der Waals surface area (Å²) in [5.74, 6) is 0.649. The lowest BCUT2D eigenvalue weighted by Gasteiger charge is -2.35. The zero-order valence-corrected chi connectivity index (χ0v) is 15.4. The van der Waals surface area contributed by atoms with Gasteiger partial charge in [0.1, 0.15) is 0 Å². The number of likely N-dealkylation sites (N-methyl/N-ethyl adjacent to an activating group) is 1. The van der Waals surface area contributed by atoms with Crippen LogP contribution in [0, 0.1) is 5.92 Å². The fourth-order valence-corrected chi connectivity index (χ4v) is 3.20. The molecule has 1 amide bonds. The molecule has 134 valence electrons. The van der Waals surface area contributed by atoms with Gasteiger partial charge in [-0.2, -0.15) is 0 Å². The molecule has 1 N–H and O–H groups in total. The Morgan fingerprint density at radius 2 is 2.08 bits per heavy atom. The lowest BCUT2D eigenvalue weighted by molar-refractivity contribution is -0.0440. The number of carbonyl (C=O) groups excluding carboxylic acids is 1. The van der Waals surface area contributed by atoms with Crippen molar-refractivity contribution in [1.82, 2.24) is 15.1 Å². The Kier molecular flexibility index (Phi) is 7.21. The third-order valence-corrected chi connectivity index (χ3v) is 4.26. The topological polar surface area (TPSA) is 44.8 Å². The third-order valence-electron chi connectivity index (χ3n) is 4.26. The highest BCUT2D eigenvalue weighted by Gasteiger charge is 2.22. The summed E-state index contributed by atoms with van der Waals surface area (Å²) in [7, 11) is 3.77. The van der Waals surface area contributed by atoms with Gasteiger partial charge in [-0.25, -0.2) is 0 Å². The van der Waals surface area contributed by atoms with Gasteiger partial charge in [0.15, 0.2) is 0 Å². The van der Waals surface area contributed by atoms with E-state index >= 15 is 0 Å². The van der Waals surface area contributed by atoms with Gasteiger partial charge in [0.2, 0.25) is 0 Å². The van der Waals surface area contributed by atoms with Crippen LogP contribution in [0.25, 0.3) is 0 Å². The molecule has 1 aliphatic rings. The molecule has 0 spiro atoms. The van der Waals surface area contributed by atoms with Crippen molar-refractivity contribution in [3.05, 3.63) is 35.4 Å². The number of nitrogens with zero attached hydrogens (tertiary/aromatic N) is 2. The van der Waals surface area contributed by atoms with Crippen molar-refractivity contribution in [3.8, 4) is 0 Å². The second kappa shape index (κ2) is 9.16. The standard InChI is InChI=1S/C19H31N3O2/c1-15(2)11-22-9-10-24-18(14-22)13-21(4)12-16-5-7-17(8-6-16)19(23)20-3/h5-8,15,18H,9-14H2,1-4H3,(H,20,23)/t18-/m0/s1. The molecular weight excluding hydrogens is 302 g/mol. The molecule has 5 nitrogen and oxygen atoms in total. The summed E-state index contributed by atoms with van der Waals surface area (Å²) in [4.78, 5) is 16.4. The van der Waals surface area contributed by atoms with E-state index in [1.54, 1.807) is 7.05 Å². The van der Waals surface area contributed by atoms with Crippen LogP contribution in [0.5, 0.6) is 0 Å². The van der Waals surface area contributed by atoms with Gasteiger partial charge < -0.3 is 10.1 Å². The zero-order valence-electron chi connectivity index (χ0n) is 15.4. The molecule has 5 heteroatoms. The first-order chi connectivity index (χ1) is 11.5. The van der Waals surface area contributed by atoms with Crippen LogP contribution < -0.4 is 5.32 Å². The lowest BCUT2D eigenvalue weighted by atomic mass is 10.1. The van der Waals surface area contributed by atoms with E-state index in [2.05, 4.69) is 36.0 Å². The quantitative estimate of drug-likeness (QED) is 0.827. The number of carbonyl (C=O) groups is 1. The molecule has 1 fully saturated rings. The first-order valence-electron chi connectivity index (χ1n) is 8.81. The molecule has 1 aromatic carbocycles. The summed E-state index contributed by atoms with van der Waals surface area (Å²) in [5.41, 5.74) is 1.91. The van der Waals surface area contributed by atoms with Crippen molar-refractivity contribution in [1.29, 1.82) is 0 Å². The monoisotopic (exact) mass is 333 g/mol. The van der Waals surface area contributed by atoms with Crippen molar-refractivity contribution in [2.24, 2.45) is 5.92 Å². The van der Waals surface area contributed by atoms with Crippen molar-refractivity contribution in [2.75, 3.05) is 46.9 Å². The average molecular weight is 333 g/mol. The Bertz CT molecular complexity index is 516. The van der Waals surface area contributed by atoms with Gasteiger partial charge in [-0.1, -0.05) is 26.0 Å². The van der Waals surface area contributed by atoms with Gasteiger partial charge in [0, 0.05) is 45.3 Å². The number of ether oxygens (including phenoxy) is 1. The summed E-state index contributed by atoms with van der Waals surface area (Å²) >= 11 is 0. The fourth-order valence-electron chi connectivity index (χ4n) is 3.20. The first kappa shape index (κ1) is 18.9. The number of rotatable bonds is 7. The van der Waals surface area contributed by atoms with E-state index in [0.29, 0.717) is 11.5 Å². The van der Waals surface area contributed by atoms with E-state index < -0.39 is 0 Å². The summed E-state index contributed by atoms with van der Waals surface area (Å²) < 4.78 is 5.93. The maximum atomic E-state index is 11.6. The molecule has 1 saturated heterocycles. The highest BCUT2D eigenvalue weighted by molar-refractivity contribution is 5.93. The molecule has 1 heterocycles. The summed E-state index contributed by atoms with van der Waals surface area (Å²) in [6.45, 7) is 10.3. The van der Waals surface area contributed by atoms with E-state index in [0.717, 1.165) is 39.3 Å². The van der Waals surface area contributed by atoms with E-state index in [9.17, 15) is 4.79 Å². The van der Waals surface area contributed by atoms with Crippen LogP contribution in [0.4, 0.5) is 0 Å². The summed E-state index contributed by atoms with van der Waals surface area (Å²) in [6.07, 6.45) is 0.271. The van der Waals surface area contributed by atoms with Crippen molar-refractivity contribution in [3.63, 3.8) is 0 Å². The number of hydrogen-bond donors (Lipinski definition) is 1. The van der Waals surface area contributed by atoms with Gasteiger partial charge >= 0.3 is 0 Å². The Morgan fingerprint density at radius 3 is 2.71 bits per heavy atom. The number of benzene rings is 1. The molecule has 0 unspecified atom stereocenters. The first-order valence-corrected chi connectivity index (χ1v) is 8.81. The average Bonchev–Trinajstić information content (AvgIpc) is 2.54. The summed E-state index contributed by atoms with van der Waals surface area (Å²) in [6, 6.07) is 7.80. The van der Waals surface area contributed by atoms with Gasteiger partial charge in [-0.05, 0) is 30.7 Å². The number of hydrogen-bond acceptors (Lipinski definition) is 4. The predicted molar refractivity (Wildman–Crippen MR) is 97.2 cm³/mol. The Balaban J connectivity index is 1.82. The van der Waals surface area contributed by atoms with Gasteiger partial charge in [0.25, 0.3) is 5.91 Å². The van der Waals surface area contributed by atoms with Crippen LogP contribution in [-0.4, -0.2) is 68.7 Å². The molecule has 1 aromatic rings. The van der Waals surface area contributed by atoms with E-state index in [1.165, 1.54) is 5.56 Å². The SMILES string of the molecule is CNC(=O)c1ccc(CN(C)C[C@H]2CN(CC(C)C)CCO2)cc1. The van der Waals surface area contributed by atoms with Crippen molar-refractivity contribution >= 4 is 5.91 Å². The molecule has 0 bridgehead atoms. The maximum absolute atomic E-state index is 11.6. The van der Waals surface area contributed by atoms with Crippen LogP contribution in [0.2, 0.25) is 0 Å². The van der Waals surface area contributed by atoms with E-state index in [-0.39, 0.29) is 12.0 Å². The van der Waals surface area contributed by atoms with Crippen molar-refractivity contribution < 1.29 is 9.53 Å². The Hall–Kier alpha value is -1.43. The molecule has 24 heavy (non-hydrogen) atoms. The third kappa shape index (κ3) is 5.89. The van der Waals surface area contributed by atoms with Gasteiger partial charge in [0.05, 0.1) is 12.7 Å². The Labute approximate surface area is 146 Å². The normalized spacial score (nSPS) is 19.0. The van der Waals surface area contributed by atoms with Crippen LogP contribution >= 0.6 is 0 Å². The van der Waals surface area contributed by atoms with Gasteiger partial charge in [-0.15, -0.1) is 0 Å². The number of amides is 1. The minimum absolute atomic E-state index is 0.0456. The minimum Gasteiger partial charge on any atom is -0.374 e. The van der Waals surface area contributed by atoms with Crippen molar-refractivity contribution in [2.45, 2.75) is 26.5 Å². The second-order valence-electron chi connectivity index (χ2n) is 7.12. The molecule has 0 radical (unpaired) electrons. The maximum Gasteiger partial charge on any atom is 0.251 e. The molecule has 1 atom stereocenters. The number of nitrogens with one attached hydrogen (secondary N) is 1. The summed E-state index contributed by atoms with van der Waals surface area (Å²) in [5, 5.41) is 2.64. The lowest BCUT2D eigenvalue weighted by Crippen LogP contribution is -2.47. The molecular formula is C19H31N3O2. The molecule has 0 aromatic heterocycles. The Morgan fingerprint density at radius 1 is 1.38 bits per heavy atom. The largest absolute Gasteiger partial charge is 0.374 e. The highest BCUT2D eigenvalue weighted by atomic mass is 16.5. The second-order valence-corrected chi connectivity index (χ2v) is 7.12. The molecule has 0 saturated carbocycles. The van der Waals surface area contributed by atoms with Crippen LogP contribution in [0.1, 0.15) is 29.8 Å². The van der Waals surface area contributed by atoms with E-state index in [1.807, 2.05) is 24.3 Å². The molecule has 1 aliphatic heterocycles. The zero-order chi connectivity index (χ0) is 17.5. The van der Waals surface area contributed by atoms with Crippen LogP contribution in [0.3, 0.4) is 0 Å². The number of morpholine rings is 1. The minimum atomic E-state index is -0.0456. The molecule has 2 rings (SSSR count). The van der Waals surface area contributed by atoms with E-state index in [4.69, 9.17) is 4.74 Å². The fraction of sp³-hybridized carbons (Fsp3) is 0.632. The van der Waals surface area contributed by atoms with Gasteiger partial charge in [-0.3, -0.25) is 14.6 Å². The smallest absolute Gasteiger partial charge is 0.251 e. The van der Waals surface area contributed by atoms with Crippen LogP contribution in [0.15, 0.2) is 24.3 Å². The van der Waals surface area contributed by atoms with Crippen LogP contribution in [-0.2, 0) is 11.3 Å². The highest BCUT2D eigenvalue weighted by Crippen LogP contribution is 2.11. The molecule has 0 aliphatic carbocycles.